The smallest absolute Gasteiger partial charge is 0.212 e. The SMILES string of the molecule is O=S(=O)(CCCc1cccc(S)c1S)S(=O)(=O)c1ccc2ccccc2c1. The van der Waals surface area contributed by atoms with E-state index in [0.29, 0.717) is 21.6 Å². The van der Waals surface area contributed by atoms with E-state index in [1.807, 2.05) is 18.2 Å². The van der Waals surface area contributed by atoms with Gasteiger partial charge in [-0.25, -0.2) is 16.8 Å². The fourth-order valence-corrected chi connectivity index (χ4v) is 7.01. The third-order valence-corrected chi connectivity index (χ3v) is 10.7. The van der Waals surface area contributed by atoms with Gasteiger partial charge in [-0.1, -0.05) is 42.5 Å². The van der Waals surface area contributed by atoms with Crippen LogP contribution in [0.15, 0.2) is 75.4 Å². The van der Waals surface area contributed by atoms with Crippen molar-refractivity contribution >= 4 is 53.8 Å². The standard InChI is InChI=1S/C19H18O4S4/c20-26(21,12-4-8-15-7-3-9-18(24)19(15)25)27(22,23)17-11-10-14-5-1-2-6-16(14)13-17/h1-3,5-7,9-11,13,24-25H,4,8,12H2. The van der Waals surface area contributed by atoms with E-state index in [0.717, 1.165) is 10.9 Å². The molecular formula is C19H18O4S4. The molecule has 0 atom stereocenters. The number of hydrogen-bond donors (Lipinski definition) is 2. The van der Waals surface area contributed by atoms with Crippen LogP contribution >= 0.6 is 25.3 Å². The second-order valence-corrected chi connectivity index (χ2v) is 12.8. The maximum absolute atomic E-state index is 12.6. The quantitative estimate of drug-likeness (QED) is 0.448. The molecule has 0 radical (unpaired) electrons. The zero-order valence-corrected chi connectivity index (χ0v) is 17.7. The molecule has 4 nitrogen and oxygen atoms in total. The maximum Gasteiger partial charge on any atom is 0.282 e. The van der Waals surface area contributed by atoms with Crippen LogP contribution in [0.5, 0.6) is 0 Å². The molecule has 3 aromatic rings. The summed E-state index contributed by atoms with van der Waals surface area (Å²) in [6.45, 7) is 0. The number of thiol groups is 2. The summed E-state index contributed by atoms with van der Waals surface area (Å²) in [6, 6.07) is 17.0. The zero-order chi connectivity index (χ0) is 19.7. The predicted molar refractivity (Wildman–Crippen MR) is 114 cm³/mol. The molecule has 0 saturated heterocycles. The summed E-state index contributed by atoms with van der Waals surface area (Å²) in [7, 11) is -8.81. The van der Waals surface area contributed by atoms with Gasteiger partial charge in [-0.15, -0.1) is 25.3 Å². The van der Waals surface area contributed by atoms with Gasteiger partial charge in [0.2, 0.25) is 0 Å². The van der Waals surface area contributed by atoms with Crippen LogP contribution in [-0.2, 0) is 24.2 Å². The third kappa shape index (κ3) is 4.18. The van der Waals surface area contributed by atoms with Crippen molar-refractivity contribution in [2.45, 2.75) is 27.5 Å². The molecule has 0 unspecified atom stereocenters. The Morgan fingerprint density at radius 3 is 2.22 bits per heavy atom. The van der Waals surface area contributed by atoms with Crippen molar-refractivity contribution < 1.29 is 16.8 Å². The number of aryl methyl sites for hydroxylation is 1. The number of benzene rings is 3. The maximum atomic E-state index is 12.6. The zero-order valence-electron chi connectivity index (χ0n) is 14.2. The summed E-state index contributed by atoms with van der Waals surface area (Å²) in [5.41, 5.74) is 0.837. The van der Waals surface area contributed by atoms with Crippen LogP contribution in [0.25, 0.3) is 10.8 Å². The molecule has 142 valence electrons. The van der Waals surface area contributed by atoms with E-state index in [2.05, 4.69) is 25.3 Å². The fourth-order valence-electron chi connectivity index (χ4n) is 2.80. The van der Waals surface area contributed by atoms with Crippen molar-refractivity contribution in [3.63, 3.8) is 0 Å². The summed E-state index contributed by atoms with van der Waals surface area (Å²) in [5.74, 6) is -0.452. The summed E-state index contributed by atoms with van der Waals surface area (Å²) in [5, 5.41) is 1.53. The lowest BCUT2D eigenvalue weighted by atomic mass is 10.1. The van der Waals surface area contributed by atoms with Crippen LogP contribution < -0.4 is 0 Å². The molecule has 8 heteroatoms. The van der Waals surface area contributed by atoms with Crippen LogP contribution in [0, 0.1) is 0 Å². The van der Waals surface area contributed by atoms with Gasteiger partial charge in [0.15, 0.2) is 0 Å². The van der Waals surface area contributed by atoms with Gasteiger partial charge >= 0.3 is 0 Å². The van der Waals surface area contributed by atoms with Crippen molar-refractivity contribution in [1.29, 1.82) is 0 Å². The Bertz CT molecular complexity index is 1200. The molecule has 0 bridgehead atoms. The topological polar surface area (TPSA) is 68.3 Å². The summed E-state index contributed by atoms with van der Waals surface area (Å²) in [4.78, 5) is 1.17. The molecule has 0 heterocycles. The van der Waals surface area contributed by atoms with Crippen molar-refractivity contribution in [3.8, 4) is 0 Å². The van der Waals surface area contributed by atoms with E-state index in [4.69, 9.17) is 0 Å². The molecule has 0 aromatic heterocycles. The van der Waals surface area contributed by atoms with Crippen LogP contribution in [0.2, 0.25) is 0 Å². The van der Waals surface area contributed by atoms with Gasteiger partial charge in [0, 0.05) is 9.79 Å². The third-order valence-electron chi connectivity index (χ3n) is 4.28. The van der Waals surface area contributed by atoms with Gasteiger partial charge in [0.1, 0.15) is 0 Å². The monoisotopic (exact) mass is 438 g/mol. The molecular weight excluding hydrogens is 420 g/mol. The lowest BCUT2D eigenvalue weighted by Gasteiger charge is -2.09. The average molecular weight is 439 g/mol. The van der Waals surface area contributed by atoms with Gasteiger partial charge in [0.25, 0.3) is 17.7 Å². The van der Waals surface area contributed by atoms with Crippen molar-refractivity contribution in [2.75, 3.05) is 5.75 Å². The molecule has 0 saturated carbocycles. The Kier molecular flexibility index (Phi) is 5.90. The second kappa shape index (κ2) is 7.87. The summed E-state index contributed by atoms with van der Waals surface area (Å²) in [6.07, 6.45) is 0.583. The molecule has 0 spiro atoms. The lowest BCUT2D eigenvalue weighted by Crippen LogP contribution is -2.19. The van der Waals surface area contributed by atoms with Crippen LogP contribution in [0.1, 0.15) is 12.0 Å². The summed E-state index contributed by atoms with van der Waals surface area (Å²) < 4.78 is 50.3. The van der Waals surface area contributed by atoms with Crippen molar-refractivity contribution in [1.82, 2.24) is 0 Å². The lowest BCUT2D eigenvalue weighted by molar-refractivity contribution is 0.581. The van der Waals surface area contributed by atoms with Crippen LogP contribution in [0.3, 0.4) is 0 Å². The minimum atomic E-state index is -4.46. The highest BCUT2D eigenvalue weighted by Gasteiger charge is 2.31. The first-order chi connectivity index (χ1) is 12.7. The molecule has 0 aliphatic rings. The molecule has 0 aliphatic carbocycles. The van der Waals surface area contributed by atoms with Crippen LogP contribution in [0.4, 0.5) is 0 Å². The molecule has 27 heavy (non-hydrogen) atoms. The van der Waals surface area contributed by atoms with Gasteiger partial charge in [-0.3, -0.25) is 0 Å². The highest BCUT2D eigenvalue weighted by Crippen LogP contribution is 2.26. The van der Waals surface area contributed by atoms with Gasteiger partial charge in [0.05, 0.1) is 10.6 Å². The molecule has 0 N–H and O–H groups in total. The largest absolute Gasteiger partial charge is 0.282 e. The Morgan fingerprint density at radius 2 is 1.48 bits per heavy atom. The molecule has 0 fully saturated rings. The van der Waals surface area contributed by atoms with Crippen molar-refractivity contribution in [3.05, 3.63) is 66.2 Å². The number of hydrogen-bond acceptors (Lipinski definition) is 6. The highest BCUT2D eigenvalue weighted by atomic mass is 33.2. The van der Waals surface area contributed by atoms with Gasteiger partial charge in [-0.2, -0.15) is 0 Å². The van der Waals surface area contributed by atoms with E-state index in [-0.39, 0.29) is 11.3 Å². The van der Waals surface area contributed by atoms with Crippen molar-refractivity contribution in [2.24, 2.45) is 0 Å². The molecule has 3 aromatic carbocycles. The van der Waals surface area contributed by atoms with E-state index in [1.165, 1.54) is 12.1 Å². The van der Waals surface area contributed by atoms with E-state index < -0.39 is 23.5 Å². The first-order valence-electron chi connectivity index (χ1n) is 8.19. The fraction of sp³-hybridized carbons (Fsp3) is 0.158. The molecule has 0 amide bonds. The second-order valence-electron chi connectivity index (χ2n) is 6.11. The average Bonchev–Trinajstić information content (AvgIpc) is 2.64. The number of fused-ring (bicyclic) bond motifs is 1. The van der Waals surface area contributed by atoms with Gasteiger partial charge in [-0.05, 0) is 47.4 Å². The minimum absolute atomic E-state index is 0.180. The van der Waals surface area contributed by atoms with Gasteiger partial charge < -0.3 is 0 Å². The van der Waals surface area contributed by atoms with E-state index in [1.54, 1.807) is 30.3 Å². The minimum Gasteiger partial charge on any atom is -0.212 e. The Balaban J connectivity index is 1.81. The predicted octanol–water partition coefficient (Wildman–Crippen LogP) is 4.15. The first-order valence-corrected chi connectivity index (χ1v) is 12.7. The molecule has 0 aliphatic heterocycles. The number of rotatable bonds is 6. The Labute approximate surface area is 169 Å². The summed E-state index contributed by atoms with van der Waals surface area (Å²) >= 11 is 8.64. The Morgan fingerprint density at radius 1 is 0.778 bits per heavy atom. The van der Waals surface area contributed by atoms with E-state index in [9.17, 15) is 16.8 Å². The Hall–Kier alpha value is -1.48. The van der Waals surface area contributed by atoms with Crippen LogP contribution in [-0.4, -0.2) is 22.6 Å². The first kappa shape index (κ1) is 20.3. The molecule has 3 rings (SSSR count). The normalized spacial score (nSPS) is 12.4. The van der Waals surface area contributed by atoms with E-state index >= 15 is 0 Å². The highest BCUT2D eigenvalue weighted by molar-refractivity contribution is 8.67.